The lowest BCUT2D eigenvalue weighted by Gasteiger charge is -2.36. The summed E-state index contributed by atoms with van der Waals surface area (Å²) < 4.78 is 0. The molecule has 18 heavy (non-hydrogen) atoms. The number of hydrogen-bond donors (Lipinski definition) is 1. The maximum Gasteiger partial charge on any atom is 0.150 e. The van der Waals surface area contributed by atoms with E-state index in [1.54, 1.807) is 0 Å². The summed E-state index contributed by atoms with van der Waals surface area (Å²) in [7, 11) is 0. The van der Waals surface area contributed by atoms with E-state index in [4.69, 9.17) is 0 Å². The molecule has 1 saturated heterocycles. The maximum absolute atomic E-state index is 9.39. The number of hydrogen-bond acceptors (Lipinski definition) is 5. The van der Waals surface area contributed by atoms with Gasteiger partial charge < -0.3 is 10.0 Å². The van der Waals surface area contributed by atoms with Crippen molar-refractivity contribution in [1.29, 1.82) is 0 Å². The number of rotatable bonds is 3. The largest absolute Gasteiger partial charge is 0.392 e. The number of anilines is 1. The van der Waals surface area contributed by atoms with Crippen LogP contribution in [0.4, 0.5) is 5.82 Å². The van der Waals surface area contributed by atoms with E-state index < -0.39 is 0 Å². The second-order valence-corrected chi connectivity index (χ2v) is 5.06. The Labute approximate surface area is 108 Å². The van der Waals surface area contributed by atoms with Crippen LogP contribution < -0.4 is 4.90 Å². The Kier molecular flexibility index (Phi) is 4.14. The molecule has 1 atom stereocenters. The second kappa shape index (κ2) is 5.63. The van der Waals surface area contributed by atoms with Gasteiger partial charge in [0.1, 0.15) is 5.82 Å². The van der Waals surface area contributed by atoms with E-state index >= 15 is 0 Å². The van der Waals surface area contributed by atoms with Gasteiger partial charge in [0, 0.05) is 38.9 Å². The molecule has 1 fully saturated rings. The molecule has 1 aromatic heterocycles. The summed E-state index contributed by atoms with van der Waals surface area (Å²) in [4.78, 5) is 13.5. The van der Waals surface area contributed by atoms with Crippen molar-refractivity contribution in [3.05, 3.63) is 17.6 Å². The number of β-amino-alcohol motifs (C(OH)–C–C–N with tert-alkyl or cyclic N) is 1. The molecule has 100 valence electrons. The fourth-order valence-electron chi connectivity index (χ4n) is 2.34. The van der Waals surface area contributed by atoms with Crippen molar-refractivity contribution in [2.24, 2.45) is 0 Å². The highest BCUT2D eigenvalue weighted by atomic mass is 16.3. The van der Waals surface area contributed by atoms with E-state index in [0.29, 0.717) is 0 Å². The van der Waals surface area contributed by atoms with Crippen LogP contribution in [-0.4, -0.2) is 58.8 Å². The number of piperazine rings is 1. The summed E-state index contributed by atoms with van der Waals surface area (Å²) in [6, 6.07) is 0. The molecule has 2 rings (SSSR count). The Morgan fingerprint density at radius 2 is 1.94 bits per heavy atom. The molecule has 0 amide bonds. The minimum Gasteiger partial charge on any atom is -0.392 e. The van der Waals surface area contributed by atoms with Gasteiger partial charge in [-0.05, 0) is 20.8 Å². The SMILES string of the molecule is Cc1cnc(C)c(N2CCN(C[C@@H](C)O)CC2)n1. The second-order valence-electron chi connectivity index (χ2n) is 5.06. The Hall–Kier alpha value is -1.20. The molecule has 5 heteroatoms. The van der Waals surface area contributed by atoms with Gasteiger partial charge in [0.2, 0.25) is 0 Å². The van der Waals surface area contributed by atoms with Gasteiger partial charge in [0.25, 0.3) is 0 Å². The quantitative estimate of drug-likeness (QED) is 0.851. The van der Waals surface area contributed by atoms with Gasteiger partial charge in [0.15, 0.2) is 0 Å². The van der Waals surface area contributed by atoms with Crippen molar-refractivity contribution >= 4 is 5.82 Å². The predicted molar refractivity (Wildman–Crippen MR) is 71.8 cm³/mol. The van der Waals surface area contributed by atoms with Crippen molar-refractivity contribution in [3.8, 4) is 0 Å². The van der Waals surface area contributed by atoms with Crippen LogP contribution in [0.5, 0.6) is 0 Å². The number of aromatic nitrogens is 2. The third-order valence-corrected chi connectivity index (χ3v) is 3.25. The molecule has 5 nitrogen and oxygen atoms in total. The summed E-state index contributed by atoms with van der Waals surface area (Å²) >= 11 is 0. The molecule has 0 spiro atoms. The van der Waals surface area contributed by atoms with E-state index in [-0.39, 0.29) is 6.10 Å². The lowest BCUT2D eigenvalue weighted by Crippen LogP contribution is -2.48. The third-order valence-electron chi connectivity index (χ3n) is 3.25. The molecular weight excluding hydrogens is 228 g/mol. The van der Waals surface area contributed by atoms with E-state index in [0.717, 1.165) is 49.9 Å². The van der Waals surface area contributed by atoms with E-state index in [1.165, 1.54) is 0 Å². The number of aliphatic hydroxyl groups is 1. The Morgan fingerprint density at radius 1 is 1.28 bits per heavy atom. The summed E-state index contributed by atoms with van der Waals surface area (Å²) in [5.41, 5.74) is 1.95. The van der Waals surface area contributed by atoms with Gasteiger partial charge in [-0.2, -0.15) is 0 Å². The monoisotopic (exact) mass is 250 g/mol. The standard InChI is InChI=1S/C13H22N4O/c1-10-8-14-12(3)13(15-10)17-6-4-16(5-7-17)9-11(2)18/h8,11,18H,4-7,9H2,1-3H3/t11-/m1/s1. The van der Waals surface area contributed by atoms with Gasteiger partial charge in [-0.15, -0.1) is 0 Å². The third kappa shape index (κ3) is 3.17. The number of aliphatic hydroxyl groups excluding tert-OH is 1. The Balaban J connectivity index is 1.99. The van der Waals surface area contributed by atoms with Gasteiger partial charge in [-0.25, -0.2) is 4.98 Å². The first kappa shape index (κ1) is 13.2. The molecule has 1 aromatic rings. The first-order chi connectivity index (χ1) is 8.56. The zero-order chi connectivity index (χ0) is 13.1. The lowest BCUT2D eigenvalue weighted by atomic mass is 10.2. The topological polar surface area (TPSA) is 52.5 Å². The van der Waals surface area contributed by atoms with E-state index in [2.05, 4.69) is 19.8 Å². The minimum atomic E-state index is -0.253. The van der Waals surface area contributed by atoms with Crippen molar-refractivity contribution in [2.75, 3.05) is 37.6 Å². The molecule has 0 aliphatic carbocycles. The summed E-state index contributed by atoms with van der Waals surface area (Å²) in [5.74, 6) is 1.01. The van der Waals surface area contributed by atoms with Crippen LogP contribution in [0, 0.1) is 13.8 Å². The molecule has 1 aliphatic heterocycles. The highest BCUT2D eigenvalue weighted by Gasteiger charge is 2.20. The van der Waals surface area contributed by atoms with Crippen LogP contribution in [0.2, 0.25) is 0 Å². The number of aryl methyl sites for hydroxylation is 2. The lowest BCUT2D eigenvalue weighted by molar-refractivity contribution is 0.122. The van der Waals surface area contributed by atoms with E-state index in [9.17, 15) is 5.11 Å². The van der Waals surface area contributed by atoms with Gasteiger partial charge in [0.05, 0.1) is 17.5 Å². The normalized spacial score (nSPS) is 19.0. The zero-order valence-electron chi connectivity index (χ0n) is 11.4. The highest BCUT2D eigenvalue weighted by Crippen LogP contribution is 2.17. The molecular formula is C13H22N4O. The highest BCUT2D eigenvalue weighted by molar-refractivity contribution is 5.43. The van der Waals surface area contributed by atoms with E-state index in [1.807, 2.05) is 27.0 Å². The maximum atomic E-state index is 9.39. The van der Waals surface area contributed by atoms with Crippen molar-refractivity contribution in [1.82, 2.24) is 14.9 Å². The first-order valence-electron chi connectivity index (χ1n) is 6.52. The van der Waals surface area contributed by atoms with Crippen LogP contribution in [0.15, 0.2) is 6.20 Å². The first-order valence-corrected chi connectivity index (χ1v) is 6.52. The van der Waals surface area contributed by atoms with Crippen molar-refractivity contribution in [2.45, 2.75) is 26.9 Å². The average Bonchev–Trinajstić information content (AvgIpc) is 2.33. The molecule has 0 radical (unpaired) electrons. The molecule has 1 N–H and O–H groups in total. The van der Waals surface area contributed by atoms with Gasteiger partial charge in [-0.3, -0.25) is 9.88 Å². The predicted octanol–water partition coefficient (Wildman–Crippen LogP) is 0.596. The fourth-order valence-corrected chi connectivity index (χ4v) is 2.34. The van der Waals surface area contributed by atoms with Crippen molar-refractivity contribution < 1.29 is 5.11 Å². The molecule has 0 saturated carbocycles. The summed E-state index contributed by atoms with van der Waals surface area (Å²) in [5, 5.41) is 9.39. The molecule has 0 aromatic carbocycles. The smallest absolute Gasteiger partial charge is 0.150 e. The van der Waals surface area contributed by atoms with Crippen LogP contribution in [0.3, 0.4) is 0 Å². The van der Waals surface area contributed by atoms with Gasteiger partial charge in [-0.1, -0.05) is 0 Å². The average molecular weight is 250 g/mol. The molecule has 0 unspecified atom stereocenters. The van der Waals surface area contributed by atoms with Gasteiger partial charge >= 0.3 is 0 Å². The molecule has 2 heterocycles. The zero-order valence-corrected chi connectivity index (χ0v) is 11.4. The van der Waals surface area contributed by atoms with Crippen LogP contribution in [0.25, 0.3) is 0 Å². The Bertz CT molecular complexity index is 400. The fraction of sp³-hybridized carbons (Fsp3) is 0.692. The van der Waals surface area contributed by atoms with Crippen LogP contribution in [0.1, 0.15) is 18.3 Å². The minimum absolute atomic E-state index is 0.253. The van der Waals surface area contributed by atoms with Crippen LogP contribution in [-0.2, 0) is 0 Å². The van der Waals surface area contributed by atoms with Crippen molar-refractivity contribution in [3.63, 3.8) is 0 Å². The summed E-state index contributed by atoms with van der Waals surface area (Å²) in [6.07, 6.45) is 1.56. The Morgan fingerprint density at radius 3 is 2.56 bits per heavy atom. The number of nitrogens with zero attached hydrogens (tertiary/aromatic N) is 4. The molecule has 0 bridgehead atoms. The van der Waals surface area contributed by atoms with Crippen LogP contribution >= 0.6 is 0 Å². The summed E-state index contributed by atoms with van der Waals surface area (Å²) in [6.45, 7) is 10.4. The molecule has 1 aliphatic rings.